The lowest BCUT2D eigenvalue weighted by Crippen LogP contribution is -2.41. The van der Waals surface area contributed by atoms with E-state index in [1.54, 1.807) is 0 Å². The smallest absolute Gasteiger partial charge is 0.192 e. The lowest BCUT2D eigenvalue weighted by molar-refractivity contribution is -0.141. The van der Waals surface area contributed by atoms with Crippen molar-refractivity contribution >= 4 is 16.9 Å². The van der Waals surface area contributed by atoms with Gasteiger partial charge in [0.25, 0.3) is 0 Å². The highest BCUT2D eigenvalue weighted by Crippen LogP contribution is 2.31. The molecule has 0 saturated carbocycles. The average molecular weight is 363 g/mol. The Morgan fingerprint density at radius 2 is 2.00 bits per heavy atom. The first-order valence-electron chi connectivity index (χ1n) is 9.03. The summed E-state index contributed by atoms with van der Waals surface area (Å²) in [6.45, 7) is 8.73. The molecular formula is C21H30O3S. The third-order valence-corrected chi connectivity index (χ3v) is 5.01. The molecule has 0 spiro atoms. The monoisotopic (exact) mass is 362 g/mol. The summed E-state index contributed by atoms with van der Waals surface area (Å²) in [4.78, 5) is 12.4. The number of hydrogen-bond donors (Lipinski definition) is 0. The molecule has 0 bridgehead atoms. The predicted octanol–water partition coefficient (Wildman–Crippen LogP) is 5.14. The highest BCUT2D eigenvalue weighted by molar-refractivity contribution is 8.14. The number of rotatable bonds is 6. The van der Waals surface area contributed by atoms with Crippen molar-refractivity contribution in [1.29, 1.82) is 0 Å². The fourth-order valence-electron chi connectivity index (χ4n) is 2.95. The Hall–Kier alpha value is -1.10. The Bertz CT molecular complexity index is 562. The van der Waals surface area contributed by atoms with Gasteiger partial charge in [0.1, 0.15) is 0 Å². The van der Waals surface area contributed by atoms with Crippen molar-refractivity contribution in [3.63, 3.8) is 0 Å². The topological polar surface area (TPSA) is 35.5 Å². The third-order valence-electron chi connectivity index (χ3n) is 4.00. The van der Waals surface area contributed by atoms with Crippen LogP contribution in [0.4, 0.5) is 0 Å². The third kappa shape index (κ3) is 7.35. The molecule has 0 unspecified atom stereocenters. The molecule has 0 aliphatic carbocycles. The largest absolute Gasteiger partial charge is 0.371 e. The van der Waals surface area contributed by atoms with Gasteiger partial charge in [-0.25, -0.2) is 0 Å². The molecule has 2 rings (SSSR count). The van der Waals surface area contributed by atoms with Crippen LogP contribution in [-0.2, 0) is 20.9 Å². The number of allylic oxidation sites excluding steroid dienone is 1. The summed E-state index contributed by atoms with van der Waals surface area (Å²) in [6, 6.07) is 10.1. The predicted molar refractivity (Wildman–Crippen MR) is 105 cm³/mol. The molecule has 3 atom stereocenters. The van der Waals surface area contributed by atoms with Crippen molar-refractivity contribution in [2.24, 2.45) is 0 Å². The van der Waals surface area contributed by atoms with Crippen LogP contribution in [0.15, 0.2) is 42.5 Å². The van der Waals surface area contributed by atoms with E-state index in [0.29, 0.717) is 13.0 Å². The SMILES string of the molecule is C/C=C/[C@H]1CC[C@H](OCc2ccccc2)[C@H](CC(=O)SC(C)(C)C)O1. The number of carbonyl (C=O) groups is 1. The quantitative estimate of drug-likeness (QED) is 0.656. The maximum absolute atomic E-state index is 12.4. The molecule has 25 heavy (non-hydrogen) atoms. The van der Waals surface area contributed by atoms with E-state index in [4.69, 9.17) is 9.47 Å². The zero-order valence-corrected chi connectivity index (χ0v) is 16.6. The van der Waals surface area contributed by atoms with E-state index in [-0.39, 0.29) is 28.2 Å². The first-order valence-corrected chi connectivity index (χ1v) is 9.84. The van der Waals surface area contributed by atoms with Crippen molar-refractivity contribution in [2.45, 2.75) is 76.6 Å². The molecule has 4 heteroatoms. The summed E-state index contributed by atoms with van der Waals surface area (Å²) in [5.41, 5.74) is 1.15. The minimum atomic E-state index is -0.180. The van der Waals surface area contributed by atoms with Crippen LogP contribution >= 0.6 is 11.8 Å². The Balaban J connectivity index is 1.98. The molecular weight excluding hydrogens is 332 g/mol. The summed E-state index contributed by atoms with van der Waals surface area (Å²) >= 11 is 1.39. The van der Waals surface area contributed by atoms with Crippen LogP contribution in [0.25, 0.3) is 0 Å². The first-order chi connectivity index (χ1) is 11.9. The molecule has 1 aromatic rings. The molecule has 0 amide bonds. The van der Waals surface area contributed by atoms with E-state index in [1.165, 1.54) is 11.8 Å². The minimum Gasteiger partial charge on any atom is -0.371 e. The Morgan fingerprint density at radius 3 is 2.64 bits per heavy atom. The fraction of sp³-hybridized carbons (Fsp3) is 0.571. The van der Waals surface area contributed by atoms with Gasteiger partial charge in [-0.3, -0.25) is 4.79 Å². The van der Waals surface area contributed by atoms with Crippen molar-refractivity contribution in [2.75, 3.05) is 0 Å². The Labute approximate surface area is 156 Å². The summed E-state index contributed by atoms with van der Waals surface area (Å²) in [7, 11) is 0. The van der Waals surface area contributed by atoms with Gasteiger partial charge in [-0.2, -0.15) is 0 Å². The number of hydrogen-bond acceptors (Lipinski definition) is 4. The van der Waals surface area contributed by atoms with E-state index < -0.39 is 0 Å². The molecule has 0 radical (unpaired) electrons. The number of benzene rings is 1. The summed E-state index contributed by atoms with van der Waals surface area (Å²) < 4.78 is 12.2. The molecule has 0 N–H and O–H groups in total. The van der Waals surface area contributed by atoms with Crippen LogP contribution in [0.2, 0.25) is 0 Å². The van der Waals surface area contributed by atoms with E-state index in [1.807, 2.05) is 31.2 Å². The molecule has 1 heterocycles. The van der Waals surface area contributed by atoms with Gasteiger partial charge in [-0.05, 0) is 25.3 Å². The lowest BCUT2D eigenvalue weighted by atomic mass is 9.98. The average Bonchev–Trinajstić information content (AvgIpc) is 2.53. The van der Waals surface area contributed by atoms with E-state index in [2.05, 4.69) is 39.0 Å². The maximum Gasteiger partial charge on any atom is 0.192 e. The number of carbonyl (C=O) groups excluding carboxylic acids is 1. The second-order valence-electron chi connectivity index (χ2n) is 7.44. The zero-order chi connectivity index (χ0) is 18.3. The highest BCUT2D eigenvalue weighted by atomic mass is 32.2. The van der Waals surface area contributed by atoms with Gasteiger partial charge in [0.2, 0.25) is 0 Å². The van der Waals surface area contributed by atoms with Crippen molar-refractivity contribution < 1.29 is 14.3 Å². The molecule has 1 fully saturated rings. The van der Waals surface area contributed by atoms with Gasteiger partial charge in [0.05, 0.1) is 24.9 Å². The van der Waals surface area contributed by atoms with Gasteiger partial charge in [-0.1, -0.05) is 75.0 Å². The van der Waals surface area contributed by atoms with Crippen LogP contribution in [0, 0.1) is 0 Å². The standard InChI is InChI=1S/C21H30O3S/c1-5-9-17-12-13-18(23-15-16-10-7-6-8-11-16)19(24-17)14-20(22)25-21(2,3)4/h5-11,17-19H,12-15H2,1-4H3/b9-5+/t17-,18-,19-/m0/s1. The van der Waals surface area contributed by atoms with Crippen LogP contribution in [0.1, 0.15) is 52.5 Å². The lowest BCUT2D eigenvalue weighted by Gasteiger charge is -2.35. The second kappa shape index (κ2) is 9.56. The fourth-order valence-corrected chi connectivity index (χ4v) is 3.88. The van der Waals surface area contributed by atoms with Crippen LogP contribution in [-0.4, -0.2) is 28.2 Å². The Morgan fingerprint density at radius 1 is 1.28 bits per heavy atom. The summed E-state index contributed by atoms with van der Waals surface area (Å²) in [6.07, 6.45) is 6.20. The number of thioether (sulfide) groups is 1. The van der Waals surface area contributed by atoms with Gasteiger partial charge in [0.15, 0.2) is 5.12 Å². The molecule has 1 aliphatic heterocycles. The van der Waals surface area contributed by atoms with E-state index in [9.17, 15) is 4.79 Å². The normalized spacial score (nSPS) is 24.6. The van der Waals surface area contributed by atoms with Gasteiger partial charge >= 0.3 is 0 Å². The van der Waals surface area contributed by atoms with Gasteiger partial charge < -0.3 is 9.47 Å². The zero-order valence-electron chi connectivity index (χ0n) is 15.7. The van der Waals surface area contributed by atoms with E-state index >= 15 is 0 Å². The molecule has 1 aliphatic rings. The van der Waals surface area contributed by atoms with Crippen molar-refractivity contribution in [3.05, 3.63) is 48.0 Å². The van der Waals surface area contributed by atoms with Crippen molar-refractivity contribution in [3.8, 4) is 0 Å². The van der Waals surface area contributed by atoms with Crippen molar-refractivity contribution in [1.82, 2.24) is 0 Å². The number of ether oxygens (including phenoxy) is 2. The molecule has 3 nitrogen and oxygen atoms in total. The van der Waals surface area contributed by atoms with Gasteiger partial charge in [0, 0.05) is 11.2 Å². The molecule has 0 aromatic heterocycles. The van der Waals surface area contributed by atoms with Crippen LogP contribution in [0.5, 0.6) is 0 Å². The molecule has 1 aromatic carbocycles. The second-order valence-corrected chi connectivity index (χ2v) is 9.33. The van der Waals surface area contributed by atoms with Gasteiger partial charge in [-0.15, -0.1) is 0 Å². The molecule has 1 saturated heterocycles. The molecule has 138 valence electrons. The maximum atomic E-state index is 12.4. The van der Waals surface area contributed by atoms with Crippen LogP contribution < -0.4 is 0 Å². The summed E-state index contributed by atoms with van der Waals surface area (Å²) in [5.74, 6) is 0. The Kier molecular flexibility index (Phi) is 7.73. The highest BCUT2D eigenvalue weighted by Gasteiger charge is 2.33. The first kappa shape index (κ1) is 20.2. The summed E-state index contributed by atoms with van der Waals surface area (Å²) in [5, 5.41) is 0.173. The van der Waals surface area contributed by atoms with E-state index in [0.717, 1.165) is 18.4 Å². The minimum absolute atomic E-state index is 0.0359. The van der Waals surface area contributed by atoms with Crippen LogP contribution in [0.3, 0.4) is 0 Å².